The second kappa shape index (κ2) is 6.95. The van der Waals surface area contributed by atoms with E-state index in [0.29, 0.717) is 29.8 Å². The van der Waals surface area contributed by atoms with Crippen LogP contribution in [0.1, 0.15) is 25.0 Å². The Hall–Kier alpha value is -3.22. The molecule has 0 bridgehead atoms. The number of anilines is 1. The average molecular weight is 349 g/mol. The predicted octanol–water partition coefficient (Wildman–Crippen LogP) is 3.50. The Morgan fingerprint density at radius 1 is 1.15 bits per heavy atom. The van der Waals surface area contributed by atoms with Crippen LogP contribution in [-0.4, -0.2) is 25.9 Å². The van der Waals surface area contributed by atoms with E-state index in [9.17, 15) is 4.79 Å². The van der Waals surface area contributed by atoms with Crippen molar-refractivity contribution in [1.82, 2.24) is 20.0 Å². The summed E-state index contributed by atoms with van der Waals surface area (Å²) in [5.74, 6) is 2.28. The lowest BCUT2D eigenvalue weighted by atomic mass is 10.2. The summed E-state index contributed by atoms with van der Waals surface area (Å²) in [6.45, 7) is 1.92. The van der Waals surface area contributed by atoms with Crippen LogP contribution in [0.4, 0.5) is 5.69 Å². The number of benzene rings is 1. The Kier molecular flexibility index (Phi) is 4.35. The van der Waals surface area contributed by atoms with E-state index in [1.165, 1.54) is 12.8 Å². The molecule has 3 aromatic rings. The van der Waals surface area contributed by atoms with Crippen molar-refractivity contribution in [3.63, 3.8) is 0 Å². The third-order valence-electron chi connectivity index (χ3n) is 4.11. The lowest BCUT2D eigenvalue weighted by Crippen LogP contribution is -2.11. The fourth-order valence-electron chi connectivity index (χ4n) is 2.56. The molecule has 0 saturated heterocycles. The van der Waals surface area contributed by atoms with Gasteiger partial charge in [0.1, 0.15) is 5.75 Å². The van der Waals surface area contributed by atoms with Crippen molar-refractivity contribution in [2.24, 2.45) is 5.92 Å². The number of nitrogens with zero attached hydrogens (tertiary/aromatic N) is 4. The Bertz CT molecular complexity index is 898. The van der Waals surface area contributed by atoms with E-state index in [4.69, 9.17) is 4.74 Å². The lowest BCUT2D eigenvalue weighted by Gasteiger charge is -2.07. The number of aryl methyl sites for hydroxylation is 1. The first kappa shape index (κ1) is 16.3. The first-order valence-electron chi connectivity index (χ1n) is 8.60. The standard InChI is InChI=1S/C19H19N5O2/c1-13-10-11-24(23-13)17-8-9-19(22-21-17)26-16-6-4-15(5-7-16)20-18(25)12-14-2-3-14/h4-11,14H,2-3,12H2,1H3,(H,20,25). The van der Waals surface area contributed by atoms with E-state index in [1.807, 2.05) is 31.3 Å². The Morgan fingerprint density at radius 2 is 1.96 bits per heavy atom. The molecule has 0 spiro atoms. The summed E-state index contributed by atoms with van der Waals surface area (Å²) in [6.07, 6.45) is 4.77. The van der Waals surface area contributed by atoms with Gasteiger partial charge in [0.2, 0.25) is 11.8 Å². The first-order valence-corrected chi connectivity index (χ1v) is 8.60. The van der Waals surface area contributed by atoms with Crippen molar-refractivity contribution in [2.75, 3.05) is 5.32 Å². The maximum atomic E-state index is 11.8. The van der Waals surface area contributed by atoms with E-state index < -0.39 is 0 Å². The minimum absolute atomic E-state index is 0.0662. The smallest absolute Gasteiger partial charge is 0.238 e. The van der Waals surface area contributed by atoms with Gasteiger partial charge in [-0.15, -0.1) is 10.2 Å². The number of amides is 1. The zero-order chi connectivity index (χ0) is 17.9. The lowest BCUT2D eigenvalue weighted by molar-refractivity contribution is -0.116. The molecule has 4 rings (SSSR count). The molecule has 1 amide bonds. The molecule has 0 radical (unpaired) electrons. The molecule has 0 unspecified atom stereocenters. The fourth-order valence-corrected chi connectivity index (χ4v) is 2.56. The van der Waals surface area contributed by atoms with Gasteiger partial charge in [-0.05, 0) is 62.1 Å². The second-order valence-electron chi connectivity index (χ2n) is 6.45. The molecule has 1 aliphatic carbocycles. The van der Waals surface area contributed by atoms with E-state index >= 15 is 0 Å². The van der Waals surface area contributed by atoms with Crippen LogP contribution in [0.15, 0.2) is 48.7 Å². The number of rotatable bonds is 6. The summed E-state index contributed by atoms with van der Waals surface area (Å²) >= 11 is 0. The van der Waals surface area contributed by atoms with Crippen molar-refractivity contribution in [2.45, 2.75) is 26.2 Å². The number of hydrogen-bond acceptors (Lipinski definition) is 5. The van der Waals surface area contributed by atoms with Gasteiger partial charge >= 0.3 is 0 Å². The SMILES string of the molecule is Cc1ccn(-c2ccc(Oc3ccc(NC(=O)CC4CC4)cc3)nn2)n1. The molecule has 0 atom stereocenters. The van der Waals surface area contributed by atoms with Crippen LogP contribution in [0.25, 0.3) is 5.82 Å². The highest BCUT2D eigenvalue weighted by Gasteiger charge is 2.24. The quantitative estimate of drug-likeness (QED) is 0.736. The van der Waals surface area contributed by atoms with Crippen molar-refractivity contribution in [1.29, 1.82) is 0 Å². The number of nitrogens with one attached hydrogen (secondary N) is 1. The van der Waals surface area contributed by atoms with Crippen LogP contribution in [0.3, 0.4) is 0 Å². The fraction of sp³-hybridized carbons (Fsp3) is 0.263. The minimum Gasteiger partial charge on any atom is -0.438 e. The molecule has 1 saturated carbocycles. The predicted molar refractivity (Wildman–Crippen MR) is 96.4 cm³/mol. The number of hydrogen-bond donors (Lipinski definition) is 1. The van der Waals surface area contributed by atoms with Gasteiger partial charge < -0.3 is 10.1 Å². The average Bonchev–Trinajstić information content (AvgIpc) is 3.34. The Labute approximate surface area is 151 Å². The number of carbonyl (C=O) groups excluding carboxylic acids is 1. The van der Waals surface area contributed by atoms with E-state index in [-0.39, 0.29) is 5.91 Å². The minimum atomic E-state index is 0.0662. The number of carbonyl (C=O) groups is 1. The van der Waals surface area contributed by atoms with E-state index in [1.54, 1.807) is 28.9 Å². The van der Waals surface area contributed by atoms with Gasteiger partial charge in [-0.3, -0.25) is 4.79 Å². The number of ether oxygens (including phenoxy) is 1. The molecule has 0 aliphatic heterocycles. The summed E-state index contributed by atoms with van der Waals surface area (Å²) in [5, 5.41) is 15.4. The number of aromatic nitrogens is 4. The van der Waals surface area contributed by atoms with Crippen molar-refractivity contribution in [3.8, 4) is 17.4 Å². The zero-order valence-corrected chi connectivity index (χ0v) is 14.4. The van der Waals surface area contributed by atoms with Gasteiger partial charge in [0.15, 0.2) is 5.82 Å². The summed E-state index contributed by atoms with van der Waals surface area (Å²) < 4.78 is 7.35. The first-order chi connectivity index (χ1) is 12.7. The molecule has 7 heteroatoms. The molecule has 26 heavy (non-hydrogen) atoms. The molecule has 7 nitrogen and oxygen atoms in total. The van der Waals surface area contributed by atoms with Crippen LogP contribution in [0.2, 0.25) is 0 Å². The van der Waals surface area contributed by atoms with Crippen molar-refractivity contribution in [3.05, 3.63) is 54.4 Å². The summed E-state index contributed by atoms with van der Waals surface area (Å²) in [7, 11) is 0. The summed E-state index contributed by atoms with van der Waals surface area (Å²) in [5.41, 5.74) is 1.68. The van der Waals surface area contributed by atoms with Gasteiger partial charge in [0.05, 0.1) is 5.69 Å². The van der Waals surface area contributed by atoms with Crippen LogP contribution in [-0.2, 0) is 4.79 Å². The largest absolute Gasteiger partial charge is 0.438 e. The van der Waals surface area contributed by atoms with Crippen LogP contribution >= 0.6 is 0 Å². The Balaban J connectivity index is 1.36. The summed E-state index contributed by atoms with van der Waals surface area (Å²) in [6, 6.07) is 12.6. The van der Waals surface area contributed by atoms with E-state index in [0.717, 1.165) is 11.4 Å². The molecule has 2 aromatic heterocycles. The molecule has 132 valence electrons. The maximum absolute atomic E-state index is 11.8. The summed E-state index contributed by atoms with van der Waals surface area (Å²) in [4.78, 5) is 11.8. The highest BCUT2D eigenvalue weighted by Crippen LogP contribution is 2.32. The molecular weight excluding hydrogens is 330 g/mol. The van der Waals surface area contributed by atoms with Gasteiger partial charge in [0.25, 0.3) is 0 Å². The molecule has 1 N–H and O–H groups in total. The highest BCUT2D eigenvalue weighted by atomic mass is 16.5. The molecular formula is C19H19N5O2. The topological polar surface area (TPSA) is 81.9 Å². The Morgan fingerprint density at radius 3 is 2.58 bits per heavy atom. The van der Waals surface area contributed by atoms with Gasteiger partial charge in [-0.1, -0.05) is 0 Å². The van der Waals surface area contributed by atoms with E-state index in [2.05, 4.69) is 20.6 Å². The van der Waals surface area contributed by atoms with Crippen LogP contribution < -0.4 is 10.1 Å². The molecule has 1 aliphatic rings. The molecule has 1 aromatic carbocycles. The zero-order valence-electron chi connectivity index (χ0n) is 14.4. The van der Waals surface area contributed by atoms with Gasteiger partial charge in [-0.25, -0.2) is 4.68 Å². The molecule has 1 fully saturated rings. The van der Waals surface area contributed by atoms with Gasteiger partial charge in [0, 0.05) is 24.4 Å². The second-order valence-corrected chi connectivity index (χ2v) is 6.45. The molecule has 2 heterocycles. The van der Waals surface area contributed by atoms with Gasteiger partial charge in [-0.2, -0.15) is 5.10 Å². The maximum Gasteiger partial charge on any atom is 0.238 e. The van der Waals surface area contributed by atoms with Crippen LogP contribution in [0.5, 0.6) is 11.6 Å². The third-order valence-corrected chi connectivity index (χ3v) is 4.11. The highest BCUT2D eigenvalue weighted by molar-refractivity contribution is 5.91. The van der Waals surface area contributed by atoms with Crippen LogP contribution in [0, 0.1) is 12.8 Å². The third kappa shape index (κ3) is 4.05. The monoisotopic (exact) mass is 349 g/mol. The van der Waals surface area contributed by atoms with Crippen molar-refractivity contribution < 1.29 is 9.53 Å². The normalized spacial score (nSPS) is 13.4. The van der Waals surface area contributed by atoms with Crippen molar-refractivity contribution >= 4 is 11.6 Å².